The van der Waals surface area contributed by atoms with E-state index in [1.54, 1.807) is 6.92 Å². The summed E-state index contributed by atoms with van der Waals surface area (Å²) >= 11 is 0. The Kier molecular flexibility index (Phi) is 30.5. The van der Waals surface area contributed by atoms with E-state index in [1.807, 2.05) is 21.1 Å². The van der Waals surface area contributed by atoms with Gasteiger partial charge >= 0.3 is 5.97 Å². The van der Waals surface area contributed by atoms with Crippen molar-refractivity contribution in [3.05, 3.63) is 0 Å². The summed E-state index contributed by atoms with van der Waals surface area (Å²) in [5.74, 6) is -0.418. The van der Waals surface area contributed by atoms with Crippen LogP contribution in [0.3, 0.4) is 0 Å². The molecule has 8 nitrogen and oxygen atoms in total. The molecule has 0 aromatic rings. The van der Waals surface area contributed by atoms with Crippen LogP contribution in [0.4, 0.5) is 0 Å². The molecule has 0 aromatic heterocycles. The highest BCUT2D eigenvalue weighted by Gasteiger charge is 2.19. The van der Waals surface area contributed by atoms with Gasteiger partial charge in [0.2, 0.25) is 0 Å². The Labute approximate surface area is 278 Å². The lowest BCUT2D eigenvalue weighted by Gasteiger charge is -2.28. The van der Waals surface area contributed by atoms with Crippen molar-refractivity contribution in [3.63, 3.8) is 0 Å². The van der Waals surface area contributed by atoms with E-state index in [0.29, 0.717) is 17.6 Å². The van der Waals surface area contributed by atoms with Gasteiger partial charge in [-0.05, 0) is 6.42 Å². The van der Waals surface area contributed by atoms with Crippen LogP contribution in [0.25, 0.3) is 0 Å². The Hall–Kier alpha value is -0.500. The zero-order valence-corrected chi connectivity index (χ0v) is 31.2. The van der Waals surface area contributed by atoms with Crippen LogP contribution in [-0.2, 0) is 27.9 Å². The van der Waals surface area contributed by atoms with Crippen molar-refractivity contribution < 1.29 is 37.3 Å². The lowest BCUT2D eigenvalue weighted by Crippen LogP contribution is -2.37. The molecule has 0 bridgehead atoms. The highest BCUT2D eigenvalue weighted by Crippen LogP contribution is 2.38. The van der Waals surface area contributed by atoms with Gasteiger partial charge in [0.25, 0.3) is 7.82 Å². The van der Waals surface area contributed by atoms with E-state index in [0.717, 1.165) is 12.8 Å². The first-order chi connectivity index (χ1) is 21.6. The molecule has 0 amide bonds. The Bertz CT molecular complexity index is 701. The van der Waals surface area contributed by atoms with Crippen molar-refractivity contribution in [2.45, 2.75) is 174 Å². The summed E-state index contributed by atoms with van der Waals surface area (Å²) in [5, 5.41) is 0. The average molecular weight is 664 g/mol. The topological polar surface area (TPSA) is 94.1 Å². The van der Waals surface area contributed by atoms with Crippen molar-refractivity contribution in [1.82, 2.24) is 0 Å². The molecule has 0 spiro atoms. The molecule has 0 saturated carbocycles. The molecule has 0 radical (unpaired) electrons. The van der Waals surface area contributed by atoms with E-state index >= 15 is 0 Å². The minimum atomic E-state index is -4.48. The van der Waals surface area contributed by atoms with Gasteiger partial charge in [0.15, 0.2) is 0 Å². The highest BCUT2D eigenvalue weighted by molar-refractivity contribution is 7.45. The zero-order chi connectivity index (χ0) is 33.5. The Morgan fingerprint density at radius 3 is 1.38 bits per heavy atom. The fourth-order valence-electron chi connectivity index (χ4n) is 5.23. The van der Waals surface area contributed by atoms with Gasteiger partial charge < -0.3 is 27.9 Å². The van der Waals surface area contributed by atoms with Crippen molar-refractivity contribution in [3.8, 4) is 0 Å². The van der Waals surface area contributed by atoms with Crippen molar-refractivity contribution >= 4 is 13.8 Å². The first-order valence-corrected chi connectivity index (χ1v) is 20.2. The summed E-state index contributed by atoms with van der Waals surface area (Å²) in [6.07, 6.45) is 30.7. The molecule has 45 heavy (non-hydrogen) atoms. The summed E-state index contributed by atoms with van der Waals surface area (Å²) in [5.41, 5.74) is 0. The monoisotopic (exact) mass is 664 g/mol. The summed E-state index contributed by atoms with van der Waals surface area (Å²) in [6.45, 7) is 4.87. The molecular formula is C36H74NO7P. The number of nitrogens with zero attached hydrogens (tertiary/aromatic N) is 1. The van der Waals surface area contributed by atoms with Gasteiger partial charge in [-0.3, -0.25) is 9.36 Å². The second-order valence-corrected chi connectivity index (χ2v) is 15.3. The minimum absolute atomic E-state index is 0.0275. The number of phosphoric ester groups is 1. The van der Waals surface area contributed by atoms with E-state index in [2.05, 4.69) is 6.92 Å². The molecule has 2 unspecified atom stereocenters. The highest BCUT2D eigenvalue weighted by atomic mass is 31.2. The quantitative estimate of drug-likeness (QED) is 0.0288. The largest absolute Gasteiger partial charge is 0.756 e. The van der Waals surface area contributed by atoms with Gasteiger partial charge in [-0.15, -0.1) is 0 Å². The third kappa shape index (κ3) is 34.6. The molecular weight excluding hydrogens is 589 g/mol. The van der Waals surface area contributed by atoms with Gasteiger partial charge in [-0.25, -0.2) is 0 Å². The van der Waals surface area contributed by atoms with Crippen LogP contribution >= 0.6 is 7.82 Å². The van der Waals surface area contributed by atoms with Gasteiger partial charge in [0.05, 0.1) is 34.4 Å². The van der Waals surface area contributed by atoms with Crippen LogP contribution in [0.1, 0.15) is 168 Å². The molecule has 0 N–H and O–H groups in total. The Balaban J connectivity index is 3.61. The fourth-order valence-corrected chi connectivity index (χ4v) is 5.96. The number of phosphoric acid groups is 1. The molecule has 0 aliphatic rings. The number of carbonyl (C=O) groups excluding carboxylic acids is 1. The van der Waals surface area contributed by atoms with Gasteiger partial charge in [0, 0.05) is 13.0 Å². The second-order valence-electron chi connectivity index (χ2n) is 13.9. The van der Waals surface area contributed by atoms with Crippen molar-refractivity contribution in [2.75, 3.05) is 54.1 Å². The maximum Gasteiger partial charge on any atom is 0.305 e. The SMILES string of the molecule is CCCCCCCCCCCCCCCCCCCCCCCCCOCC(COP(=O)([O-])OCC[N+](C)(C)C)OC(=O)CC. The molecule has 2 atom stereocenters. The maximum atomic E-state index is 12.1. The predicted molar refractivity (Wildman–Crippen MR) is 185 cm³/mol. The summed E-state index contributed by atoms with van der Waals surface area (Å²) in [4.78, 5) is 23.8. The number of ether oxygens (including phenoxy) is 2. The number of rotatable bonds is 35. The lowest BCUT2D eigenvalue weighted by atomic mass is 10.0. The molecule has 0 rings (SSSR count). The standard InChI is InChI=1S/C36H74NO7P/c1-6-8-9-10-11-12-13-14-15-16-17-18-19-20-21-22-23-24-25-26-27-28-29-31-41-33-35(44-36(38)7-2)34-43-45(39,40)42-32-30-37(3,4)5/h35H,6-34H2,1-5H3. The van der Waals surface area contributed by atoms with Crippen molar-refractivity contribution in [2.24, 2.45) is 0 Å². The van der Waals surface area contributed by atoms with E-state index in [-0.39, 0.29) is 26.2 Å². The number of hydrogen-bond acceptors (Lipinski definition) is 7. The van der Waals surface area contributed by atoms with Crippen LogP contribution in [0.15, 0.2) is 0 Å². The second kappa shape index (κ2) is 30.8. The maximum absolute atomic E-state index is 12.1. The Morgan fingerprint density at radius 2 is 1.00 bits per heavy atom. The van der Waals surface area contributed by atoms with E-state index in [4.69, 9.17) is 18.5 Å². The van der Waals surface area contributed by atoms with Gasteiger partial charge in [0.1, 0.15) is 19.3 Å². The average Bonchev–Trinajstić information content (AvgIpc) is 2.98. The third-order valence-corrected chi connectivity index (χ3v) is 9.18. The third-order valence-electron chi connectivity index (χ3n) is 8.21. The van der Waals surface area contributed by atoms with E-state index in [9.17, 15) is 14.3 Å². The number of quaternary nitrogens is 1. The summed E-state index contributed by atoms with van der Waals surface area (Å²) in [6, 6.07) is 0. The first kappa shape index (κ1) is 44.5. The lowest BCUT2D eigenvalue weighted by molar-refractivity contribution is -0.870. The van der Waals surface area contributed by atoms with Crippen LogP contribution in [0.5, 0.6) is 0 Å². The van der Waals surface area contributed by atoms with Crippen LogP contribution in [0.2, 0.25) is 0 Å². The summed E-state index contributed by atoms with van der Waals surface area (Å²) in [7, 11) is 1.36. The number of likely N-dealkylation sites (N-methyl/N-ethyl adjacent to an activating group) is 1. The van der Waals surface area contributed by atoms with E-state index < -0.39 is 19.9 Å². The molecule has 9 heteroatoms. The molecule has 0 aliphatic carbocycles. The van der Waals surface area contributed by atoms with Gasteiger partial charge in [-0.1, -0.05) is 155 Å². The summed E-state index contributed by atoms with van der Waals surface area (Å²) < 4.78 is 33.5. The number of unbranched alkanes of at least 4 members (excludes halogenated alkanes) is 22. The Morgan fingerprint density at radius 1 is 0.600 bits per heavy atom. The van der Waals surface area contributed by atoms with Crippen LogP contribution < -0.4 is 4.89 Å². The van der Waals surface area contributed by atoms with Crippen LogP contribution in [-0.4, -0.2) is 70.7 Å². The minimum Gasteiger partial charge on any atom is -0.756 e. The number of esters is 1. The van der Waals surface area contributed by atoms with Crippen LogP contribution in [0, 0.1) is 0 Å². The van der Waals surface area contributed by atoms with Gasteiger partial charge in [-0.2, -0.15) is 0 Å². The number of carbonyl (C=O) groups is 1. The smallest absolute Gasteiger partial charge is 0.305 e. The zero-order valence-electron chi connectivity index (χ0n) is 30.3. The first-order valence-electron chi connectivity index (χ1n) is 18.8. The predicted octanol–water partition coefficient (Wildman–Crippen LogP) is 9.52. The normalized spacial score (nSPS) is 14.0. The van der Waals surface area contributed by atoms with E-state index in [1.165, 1.54) is 135 Å². The molecule has 0 saturated heterocycles. The molecule has 0 fully saturated rings. The molecule has 0 heterocycles. The fraction of sp³-hybridized carbons (Fsp3) is 0.972. The van der Waals surface area contributed by atoms with Crippen molar-refractivity contribution in [1.29, 1.82) is 0 Å². The number of hydrogen-bond donors (Lipinski definition) is 0. The molecule has 0 aliphatic heterocycles. The molecule has 0 aromatic carbocycles. The molecule has 270 valence electrons.